The fourth-order valence-corrected chi connectivity index (χ4v) is 4.63. The Morgan fingerprint density at radius 2 is 1.88 bits per heavy atom. The first-order valence-electron chi connectivity index (χ1n) is 10.7. The number of anilines is 1. The summed E-state index contributed by atoms with van der Waals surface area (Å²) in [5, 5.41) is 1.45. The lowest BCUT2D eigenvalue weighted by atomic mass is 10.0. The molecule has 1 amide bonds. The van der Waals surface area contributed by atoms with Crippen molar-refractivity contribution >= 4 is 45.0 Å². The Hall–Kier alpha value is -3.65. The van der Waals surface area contributed by atoms with E-state index in [1.807, 2.05) is 4.90 Å². The molecule has 6 nitrogen and oxygen atoms in total. The lowest BCUT2D eigenvalue weighted by molar-refractivity contribution is -0.126. The van der Waals surface area contributed by atoms with Crippen molar-refractivity contribution < 1.29 is 13.6 Å². The first-order chi connectivity index (χ1) is 16.4. The molecule has 0 saturated carbocycles. The van der Waals surface area contributed by atoms with E-state index in [0.717, 1.165) is 0 Å². The maximum Gasteiger partial charge on any atom is 0.246 e. The van der Waals surface area contributed by atoms with E-state index in [0.29, 0.717) is 59.5 Å². The molecule has 0 N–H and O–H groups in total. The smallest absolute Gasteiger partial charge is 0.246 e. The molecule has 2 aromatic heterocycles. The summed E-state index contributed by atoms with van der Waals surface area (Å²) in [5.74, 6) is -0.362. The van der Waals surface area contributed by atoms with Crippen LogP contribution in [0.25, 0.3) is 32.9 Å². The third kappa shape index (κ3) is 3.64. The van der Waals surface area contributed by atoms with Gasteiger partial charge in [0, 0.05) is 43.3 Å². The normalized spacial score (nSPS) is 14.1. The minimum Gasteiger partial charge on any atom is -0.352 e. The molecular weight excluding hydrogens is 460 g/mol. The molecule has 1 aliphatic rings. The van der Waals surface area contributed by atoms with Crippen LogP contribution in [0.15, 0.2) is 49.2 Å². The Balaban J connectivity index is 1.62. The second-order valence-electron chi connectivity index (χ2n) is 8.06. The van der Waals surface area contributed by atoms with Crippen molar-refractivity contribution in [3.63, 3.8) is 0 Å². The Labute approximate surface area is 199 Å². The molecule has 1 aliphatic heterocycles. The van der Waals surface area contributed by atoms with Gasteiger partial charge in [0.25, 0.3) is 0 Å². The highest BCUT2D eigenvalue weighted by molar-refractivity contribution is 6.36. The van der Waals surface area contributed by atoms with E-state index in [1.54, 1.807) is 36.1 Å². The van der Waals surface area contributed by atoms with Crippen LogP contribution in [-0.2, 0) is 4.79 Å². The van der Waals surface area contributed by atoms with Gasteiger partial charge in [-0.2, -0.15) is 0 Å². The van der Waals surface area contributed by atoms with Crippen LogP contribution in [0.1, 0.15) is 5.82 Å². The molecule has 1 saturated heterocycles. The number of hydrogen-bond acceptors (Lipinski definition) is 5. The highest BCUT2D eigenvalue weighted by Crippen LogP contribution is 2.37. The number of carbonyl (C=O) groups excluding carboxylic acids is 1. The van der Waals surface area contributed by atoms with Crippen molar-refractivity contribution in [1.82, 2.24) is 19.9 Å². The number of nitrogens with zero attached hydrogens (tertiary/aromatic N) is 5. The molecular formula is C25H20ClF2N5O. The van der Waals surface area contributed by atoms with Gasteiger partial charge in [0.2, 0.25) is 5.91 Å². The number of benzene rings is 2. The number of carbonyl (C=O) groups is 1. The van der Waals surface area contributed by atoms with Crippen molar-refractivity contribution in [2.45, 2.75) is 6.92 Å². The van der Waals surface area contributed by atoms with Crippen LogP contribution in [0.5, 0.6) is 0 Å². The molecule has 1 fully saturated rings. The highest BCUT2D eigenvalue weighted by atomic mass is 35.5. The van der Waals surface area contributed by atoms with Gasteiger partial charge in [-0.25, -0.2) is 18.7 Å². The number of rotatable bonds is 3. The fraction of sp³-hybridized carbons (Fsp3) is 0.200. The van der Waals surface area contributed by atoms with E-state index < -0.39 is 11.6 Å². The highest BCUT2D eigenvalue weighted by Gasteiger charge is 2.25. The number of aromatic nitrogens is 3. The summed E-state index contributed by atoms with van der Waals surface area (Å²) < 4.78 is 30.1. The molecule has 5 rings (SSSR count). The third-order valence-electron chi connectivity index (χ3n) is 6.03. The zero-order valence-electron chi connectivity index (χ0n) is 18.4. The third-order valence-corrected chi connectivity index (χ3v) is 6.40. The summed E-state index contributed by atoms with van der Waals surface area (Å²) in [7, 11) is 0. The second kappa shape index (κ2) is 8.61. The van der Waals surface area contributed by atoms with E-state index in [9.17, 15) is 9.18 Å². The van der Waals surface area contributed by atoms with Crippen molar-refractivity contribution in [3.05, 3.63) is 71.7 Å². The van der Waals surface area contributed by atoms with Gasteiger partial charge in [-0.3, -0.25) is 9.78 Å². The zero-order valence-corrected chi connectivity index (χ0v) is 19.1. The maximum absolute atomic E-state index is 15.9. The van der Waals surface area contributed by atoms with Crippen molar-refractivity contribution in [3.8, 4) is 11.3 Å². The number of aryl methyl sites for hydroxylation is 1. The summed E-state index contributed by atoms with van der Waals surface area (Å²) in [5.41, 5.74) is 0.549. The zero-order chi connectivity index (χ0) is 24.0. The van der Waals surface area contributed by atoms with Crippen molar-refractivity contribution in [2.75, 3.05) is 31.1 Å². The van der Waals surface area contributed by atoms with Crippen molar-refractivity contribution in [1.29, 1.82) is 0 Å². The quantitative estimate of drug-likeness (QED) is 0.390. The van der Waals surface area contributed by atoms with E-state index in [-0.39, 0.29) is 22.1 Å². The molecule has 172 valence electrons. The first kappa shape index (κ1) is 22.2. The molecule has 0 bridgehead atoms. The molecule has 0 aliphatic carbocycles. The molecule has 3 heterocycles. The minimum atomic E-state index is -0.627. The van der Waals surface area contributed by atoms with Gasteiger partial charge in [-0.1, -0.05) is 42.4 Å². The van der Waals surface area contributed by atoms with Crippen LogP contribution in [0.3, 0.4) is 0 Å². The lowest BCUT2D eigenvalue weighted by Gasteiger charge is -2.35. The summed E-state index contributed by atoms with van der Waals surface area (Å²) in [6.45, 7) is 7.31. The molecule has 0 atom stereocenters. The van der Waals surface area contributed by atoms with E-state index in [1.165, 1.54) is 18.3 Å². The van der Waals surface area contributed by atoms with Gasteiger partial charge < -0.3 is 9.80 Å². The fourth-order valence-electron chi connectivity index (χ4n) is 4.35. The average molecular weight is 480 g/mol. The Kier molecular flexibility index (Phi) is 5.61. The second-order valence-corrected chi connectivity index (χ2v) is 8.44. The van der Waals surface area contributed by atoms with Crippen LogP contribution in [0, 0.1) is 18.6 Å². The standard InChI is InChI=1S/C25H20ClF2N5O/c1-3-19(34)32-9-11-33(12-10-32)25-17-13-29-23(22(28)24(17)30-14(2)31-25)16-6-4-5-15-7-8-18(27)21(26)20(15)16/h3-8,13H,1,9-12H2,2H3. The van der Waals surface area contributed by atoms with Gasteiger partial charge >= 0.3 is 0 Å². The topological polar surface area (TPSA) is 62.2 Å². The maximum atomic E-state index is 15.9. The molecule has 9 heteroatoms. The van der Waals surface area contributed by atoms with E-state index in [4.69, 9.17) is 11.6 Å². The Bertz CT molecular complexity index is 1470. The average Bonchev–Trinajstić information content (AvgIpc) is 2.86. The summed E-state index contributed by atoms with van der Waals surface area (Å²) >= 11 is 6.26. The van der Waals surface area contributed by atoms with Gasteiger partial charge in [0.1, 0.15) is 28.7 Å². The number of pyridine rings is 1. The van der Waals surface area contributed by atoms with E-state index in [2.05, 4.69) is 21.5 Å². The largest absolute Gasteiger partial charge is 0.352 e. The van der Waals surface area contributed by atoms with Crippen LogP contribution in [-0.4, -0.2) is 51.9 Å². The van der Waals surface area contributed by atoms with Crippen LogP contribution >= 0.6 is 11.6 Å². The summed E-state index contributed by atoms with van der Waals surface area (Å²) in [6, 6.07) is 8.07. The Morgan fingerprint density at radius 3 is 2.62 bits per heavy atom. The van der Waals surface area contributed by atoms with Crippen molar-refractivity contribution in [2.24, 2.45) is 0 Å². The van der Waals surface area contributed by atoms with Crippen LogP contribution in [0.4, 0.5) is 14.6 Å². The Morgan fingerprint density at radius 1 is 1.12 bits per heavy atom. The summed E-state index contributed by atoms with van der Waals surface area (Å²) in [4.78, 5) is 28.9. The minimum absolute atomic E-state index is 0.0380. The molecule has 4 aromatic rings. The summed E-state index contributed by atoms with van der Waals surface area (Å²) in [6.07, 6.45) is 2.84. The number of hydrogen-bond donors (Lipinski definition) is 0. The predicted octanol–water partition coefficient (Wildman–Crippen LogP) is 4.92. The monoisotopic (exact) mass is 479 g/mol. The first-order valence-corrected chi connectivity index (χ1v) is 11.1. The number of piperazine rings is 1. The molecule has 34 heavy (non-hydrogen) atoms. The van der Waals surface area contributed by atoms with Crippen LogP contribution < -0.4 is 4.90 Å². The predicted molar refractivity (Wildman–Crippen MR) is 129 cm³/mol. The molecule has 0 radical (unpaired) electrons. The molecule has 0 unspecified atom stereocenters. The SMILES string of the molecule is C=CC(=O)N1CCN(c2nc(C)nc3c(F)c(-c4cccc5ccc(F)c(Cl)c45)ncc23)CC1. The number of amides is 1. The van der Waals surface area contributed by atoms with Gasteiger partial charge in [0.15, 0.2) is 5.82 Å². The lowest BCUT2D eigenvalue weighted by Crippen LogP contribution is -2.48. The van der Waals surface area contributed by atoms with Gasteiger partial charge in [-0.15, -0.1) is 0 Å². The van der Waals surface area contributed by atoms with Gasteiger partial charge in [0.05, 0.1) is 10.4 Å². The van der Waals surface area contributed by atoms with Gasteiger partial charge in [-0.05, 0) is 24.5 Å². The molecule has 0 spiro atoms. The van der Waals surface area contributed by atoms with E-state index >= 15 is 4.39 Å². The number of halogens is 3. The van der Waals surface area contributed by atoms with Crippen LogP contribution in [0.2, 0.25) is 5.02 Å². The number of fused-ring (bicyclic) bond motifs is 2. The molecule has 2 aromatic carbocycles.